The summed E-state index contributed by atoms with van der Waals surface area (Å²) in [5.41, 5.74) is -0.264. The van der Waals surface area contributed by atoms with Gasteiger partial charge in [0.15, 0.2) is 5.69 Å². The minimum Gasteiger partial charge on any atom is -0.508 e. The number of fused-ring (bicyclic) bond motifs is 3. The number of alkyl halides is 3. The number of benzene rings is 1. The molecule has 0 aliphatic carbocycles. The van der Waals surface area contributed by atoms with E-state index in [4.69, 9.17) is 4.74 Å². The van der Waals surface area contributed by atoms with Gasteiger partial charge >= 0.3 is 6.18 Å². The monoisotopic (exact) mass is 379 g/mol. The number of hydrogen-bond donors (Lipinski definition) is 1. The number of hydrogen-bond acceptors (Lipinski definition) is 4. The van der Waals surface area contributed by atoms with Gasteiger partial charge in [0.25, 0.3) is 0 Å². The molecule has 1 aromatic carbocycles. The second-order valence-corrected chi connectivity index (χ2v) is 6.89. The Bertz CT molecular complexity index is 978. The van der Waals surface area contributed by atoms with E-state index in [9.17, 15) is 18.3 Å². The SMILES string of the molecule is CC(CN1CCOCC1)n1c2cc(O)ccc2c2ccnc(C(F)(F)F)c21. The molecular formula is C19H20F3N3O2. The zero-order valence-corrected chi connectivity index (χ0v) is 14.8. The van der Waals surface area contributed by atoms with Crippen LogP contribution in [0.1, 0.15) is 18.7 Å². The fourth-order valence-corrected chi connectivity index (χ4v) is 3.89. The van der Waals surface area contributed by atoms with Gasteiger partial charge in [0, 0.05) is 48.7 Å². The van der Waals surface area contributed by atoms with Crippen molar-refractivity contribution in [1.82, 2.24) is 14.5 Å². The van der Waals surface area contributed by atoms with Crippen LogP contribution in [0.15, 0.2) is 30.5 Å². The van der Waals surface area contributed by atoms with Crippen LogP contribution >= 0.6 is 0 Å². The Hall–Kier alpha value is -2.32. The van der Waals surface area contributed by atoms with Crippen molar-refractivity contribution in [2.45, 2.75) is 19.1 Å². The summed E-state index contributed by atoms with van der Waals surface area (Å²) in [5.74, 6) is 0.0200. The zero-order chi connectivity index (χ0) is 19.2. The largest absolute Gasteiger partial charge is 0.508 e. The summed E-state index contributed by atoms with van der Waals surface area (Å²) in [6.45, 7) is 5.22. The van der Waals surface area contributed by atoms with Crippen LogP contribution in [0.2, 0.25) is 0 Å². The van der Waals surface area contributed by atoms with Crippen molar-refractivity contribution in [3.63, 3.8) is 0 Å². The fraction of sp³-hybridized carbons (Fsp3) is 0.421. The molecule has 1 aliphatic heterocycles. The lowest BCUT2D eigenvalue weighted by Crippen LogP contribution is -2.39. The van der Waals surface area contributed by atoms with E-state index in [1.807, 2.05) is 6.92 Å². The second kappa shape index (κ2) is 6.69. The predicted molar refractivity (Wildman–Crippen MR) is 95.9 cm³/mol. The molecule has 0 saturated carbocycles. The van der Waals surface area contributed by atoms with Gasteiger partial charge in [-0.2, -0.15) is 13.2 Å². The molecule has 3 heterocycles. The number of phenols is 1. The van der Waals surface area contributed by atoms with Crippen molar-refractivity contribution in [3.8, 4) is 5.75 Å². The first kappa shape index (κ1) is 18.1. The minimum absolute atomic E-state index is 0.0200. The van der Waals surface area contributed by atoms with E-state index in [0.717, 1.165) is 13.1 Å². The second-order valence-electron chi connectivity index (χ2n) is 6.89. The van der Waals surface area contributed by atoms with E-state index >= 15 is 0 Å². The van der Waals surface area contributed by atoms with Crippen LogP contribution in [-0.4, -0.2) is 52.4 Å². The molecule has 144 valence electrons. The van der Waals surface area contributed by atoms with Crippen molar-refractivity contribution < 1.29 is 23.0 Å². The minimum atomic E-state index is -4.56. The maximum Gasteiger partial charge on any atom is 0.435 e. The number of rotatable bonds is 3. The lowest BCUT2D eigenvalue weighted by Gasteiger charge is -2.30. The highest BCUT2D eigenvalue weighted by molar-refractivity contribution is 6.09. The fourth-order valence-electron chi connectivity index (χ4n) is 3.89. The Labute approximate surface area is 154 Å². The van der Waals surface area contributed by atoms with Crippen LogP contribution in [0.5, 0.6) is 5.75 Å². The molecule has 2 aromatic heterocycles. The van der Waals surface area contributed by atoms with Gasteiger partial charge in [0.1, 0.15) is 5.75 Å². The molecule has 3 aromatic rings. The van der Waals surface area contributed by atoms with Gasteiger partial charge in [-0.05, 0) is 25.1 Å². The molecule has 1 saturated heterocycles. The summed E-state index contributed by atoms with van der Waals surface area (Å²) in [5, 5.41) is 11.1. The maximum absolute atomic E-state index is 13.7. The van der Waals surface area contributed by atoms with Crippen molar-refractivity contribution in [2.75, 3.05) is 32.8 Å². The van der Waals surface area contributed by atoms with E-state index in [1.165, 1.54) is 18.3 Å². The number of morpholine rings is 1. The molecular weight excluding hydrogens is 359 g/mol. The molecule has 4 rings (SSSR count). The number of phenolic OH excluding ortho intramolecular Hbond substituents is 1. The topological polar surface area (TPSA) is 50.5 Å². The average molecular weight is 379 g/mol. The Morgan fingerprint density at radius 3 is 2.63 bits per heavy atom. The Kier molecular flexibility index (Phi) is 4.47. The van der Waals surface area contributed by atoms with Gasteiger partial charge in [-0.15, -0.1) is 0 Å². The molecule has 8 heteroatoms. The first-order chi connectivity index (χ1) is 12.9. The van der Waals surface area contributed by atoms with Crippen molar-refractivity contribution in [3.05, 3.63) is 36.2 Å². The normalized spacial score (nSPS) is 17.6. The molecule has 0 spiro atoms. The number of halogens is 3. The van der Waals surface area contributed by atoms with Crippen LogP contribution in [0.3, 0.4) is 0 Å². The summed E-state index contributed by atoms with van der Waals surface area (Å²) in [7, 11) is 0. The van der Waals surface area contributed by atoms with Crippen molar-refractivity contribution >= 4 is 21.8 Å². The van der Waals surface area contributed by atoms with E-state index in [2.05, 4.69) is 9.88 Å². The number of aromatic nitrogens is 2. The summed E-state index contributed by atoms with van der Waals surface area (Å²) in [6.07, 6.45) is -3.37. The molecule has 1 atom stereocenters. The summed E-state index contributed by atoms with van der Waals surface area (Å²) in [4.78, 5) is 5.82. The highest BCUT2D eigenvalue weighted by Gasteiger charge is 2.37. The first-order valence-corrected chi connectivity index (χ1v) is 8.85. The Morgan fingerprint density at radius 1 is 1.19 bits per heavy atom. The predicted octanol–water partition coefficient (Wildman–Crippen LogP) is 3.81. The molecule has 1 fully saturated rings. The number of ether oxygens (including phenoxy) is 1. The highest BCUT2D eigenvalue weighted by atomic mass is 19.4. The van der Waals surface area contributed by atoms with Gasteiger partial charge < -0.3 is 14.4 Å². The summed E-state index contributed by atoms with van der Waals surface area (Å²) >= 11 is 0. The molecule has 1 unspecified atom stereocenters. The average Bonchev–Trinajstić information content (AvgIpc) is 2.95. The van der Waals surface area contributed by atoms with Gasteiger partial charge in [-0.1, -0.05) is 0 Å². The van der Waals surface area contributed by atoms with Gasteiger partial charge in [0.2, 0.25) is 0 Å². The number of pyridine rings is 1. The lowest BCUT2D eigenvalue weighted by molar-refractivity contribution is -0.140. The van der Waals surface area contributed by atoms with E-state index in [-0.39, 0.29) is 17.3 Å². The number of nitrogens with zero attached hydrogens (tertiary/aromatic N) is 3. The van der Waals surface area contributed by atoms with Crippen molar-refractivity contribution in [1.29, 1.82) is 0 Å². The van der Waals surface area contributed by atoms with E-state index in [1.54, 1.807) is 16.7 Å². The van der Waals surface area contributed by atoms with E-state index < -0.39 is 11.9 Å². The van der Waals surface area contributed by atoms with Gasteiger partial charge in [0.05, 0.1) is 24.2 Å². The molecule has 1 aliphatic rings. The van der Waals surface area contributed by atoms with Crippen LogP contribution in [0.25, 0.3) is 21.8 Å². The molecule has 0 radical (unpaired) electrons. The lowest BCUT2D eigenvalue weighted by atomic mass is 10.1. The van der Waals surface area contributed by atoms with Crippen LogP contribution in [-0.2, 0) is 10.9 Å². The number of aromatic hydroxyl groups is 1. The quantitative estimate of drug-likeness (QED) is 0.752. The maximum atomic E-state index is 13.7. The van der Waals surface area contributed by atoms with Crippen molar-refractivity contribution in [2.24, 2.45) is 0 Å². The third kappa shape index (κ3) is 3.23. The first-order valence-electron chi connectivity index (χ1n) is 8.85. The van der Waals surface area contributed by atoms with E-state index in [0.29, 0.717) is 36.0 Å². The molecule has 27 heavy (non-hydrogen) atoms. The Morgan fingerprint density at radius 2 is 1.93 bits per heavy atom. The smallest absolute Gasteiger partial charge is 0.435 e. The third-order valence-electron chi connectivity index (χ3n) is 5.03. The highest BCUT2D eigenvalue weighted by Crippen LogP contribution is 2.40. The van der Waals surface area contributed by atoms with Crippen LogP contribution in [0, 0.1) is 0 Å². The van der Waals surface area contributed by atoms with Crippen LogP contribution in [0.4, 0.5) is 13.2 Å². The third-order valence-corrected chi connectivity index (χ3v) is 5.03. The van der Waals surface area contributed by atoms with Crippen LogP contribution < -0.4 is 0 Å². The molecule has 0 bridgehead atoms. The summed E-state index contributed by atoms with van der Waals surface area (Å²) in [6, 6.07) is 6.03. The standard InChI is InChI=1S/C19H20F3N3O2/c1-12(11-24-6-8-27-9-7-24)25-16-10-13(26)2-3-14(16)15-4-5-23-18(17(15)25)19(20,21)22/h2-5,10,12,26H,6-9,11H2,1H3. The van der Waals surface area contributed by atoms with Gasteiger partial charge in [-0.25, -0.2) is 4.98 Å². The Balaban J connectivity index is 1.93. The molecule has 1 N–H and O–H groups in total. The van der Waals surface area contributed by atoms with Gasteiger partial charge in [-0.3, -0.25) is 4.90 Å². The zero-order valence-electron chi connectivity index (χ0n) is 14.8. The molecule has 0 amide bonds. The summed E-state index contributed by atoms with van der Waals surface area (Å²) < 4.78 is 48.0. The molecule has 5 nitrogen and oxygen atoms in total.